The second-order valence-electron chi connectivity index (χ2n) is 12.4. The normalized spacial score (nSPS) is 16.8. The van der Waals surface area contributed by atoms with Crippen molar-refractivity contribution in [2.24, 2.45) is 0 Å². The Morgan fingerprint density at radius 2 is 1.04 bits per heavy atom. The summed E-state index contributed by atoms with van der Waals surface area (Å²) in [7, 11) is 2.02. The third-order valence-electron chi connectivity index (χ3n) is 8.68. The van der Waals surface area contributed by atoms with E-state index in [1.807, 2.05) is 128 Å². The van der Waals surface area contributed by atoms with E-state index < -0.39 is 29.9 Å². The summed E-state index contributed by atoms with van der Waals surface area (Å²) in [6, 6.07) is 37.7. The summed E-state index contributed by atoms with van der Waals surface area (Å²) in [6.45, 7) is 3.68. The number of rotatable bonds is 17. The predicted octanol–water partition coefficient (Wildman–Crippen LogP) is 5.01. The lowest BCUT2D eigenvalue weighted by Gasteiger charge is -2.42. The van der Waals surface area contributed by atoms with E-state index >= 15 is 0 Å². The van der Waals surface area contributed by atoms with Gasteiger partial charge in [-0.25, -0.2) is 0 Å². The molecule has 4 aromatic rings. The van der Waals surface area contributed by atoms with Crippen molar-refractivity contribution in [3.8, 4) is 0 Å². The van der Waals surface area contributed by atoms with E-state index in [0.717, 1.165) is 22.3 Å². The number of benzene rings is 4. The Kier molecular flexibility index (Phi) is 13.2. The SMILES string of the molecule is CC(=O)[C@](O)(OCc1ccccc1)[C@@H](OCc1ccccc1)[C@H](OCc1ccccc1)[C@@H](OCc1ccccc1)C(=O)N1CCN(C)CC1. The molecule has 4 atom stereocenters. The van der Waals surface area contributed by atoms with Crippen LogP contribution in [0.3, 0.4) is 0 Å². The van der Waals surface area contributed by atoms with Crippen LogP contribution in [0.1, 0.15) is 29.2 Å². The number of ketones is 1. The van der Waals surface area contributed by atoms with Crippen molar-refractivity contribution in [1.29, 1.82) is 0 Å². The summed E-state index contributed by atoms with van der Waals surface area (Å²) in [5, 5.41) is 12.4. The Balaban J connectivity index is 1.57. The number of hydrogen-bond acceptors (Lipinski definition) is 8. The molecule has 1 aliphatic rings. The van der Waals surface area contributed by atoms with Gasteiger partial charge in [0.2, 0.25) is 0 Å². The maximum absolute atomic E-state index is 14.6. The quantitative estimate of drug-likeness (QED) is 0.157. The minimum absolute atomic E-state index is 0.00902. The van der Waals surface area contributed by atoms with Gasteiger partial charge in [-0.2, -0.15) is 0 Å². The van der Waals surface area contributed by atoms with Crippen LogP contribution in [0.5, 0.6) is 0 Å². The van der Waals surface area contributed by atoms with Crippen LogP contribution in [-0.4, -0.2) is 83.9 Å². The van der Waals surface area contributed by atoms with Gasteiger partial charge in [0.05, 0.1) is 26.4 Å². The van der Waals surface area contributed by atoms with Crippen LogP contribution in [-0.2, 0) is 55.0 Å². The smallest absolute Gasteiger partial charge is 0.256 e. The largest absolute Gasteiger partial charge is 0.367 e. The molecule has 9 heteroatoms. The molecule has 1 aliphatic heterocycles. The molecular formula is C40H46N2O7. The molecule has 0 unspecified atom stereocenters. The lowest BCUT2D eigenvalue weighted by Crippen LogP contribution is -2.63. The molecular weight excluding hydrogens is 620 g/mol. The molecule has 0 aromatic heterocycles. The van der Waals surface area contributed by atoms with Crippen LogP contribution in [0.2, 0.25) is 0 Å². The molecule has 0 radical (unpaired) electrons. The number of Topliss-reactive ketones (excluding diaryl/α,β-unsaturated/α-hetero) is 1. The topological polar surface area (TPSA) is 97.8 Å². The second-order valence-corrected chi connectivity index (χ2v) is 12.4. The fourth-order valence-corrected chi connectivity index (χ4v) is 5.72. The van der Waals surface area contributed by atoms with Crippen molar-refractivity contribution in [2.75, 3.05) is 33.2 Å². The molecule has 1 amide bonds. The van der Waals surface area contributed by atoms with E-state index in [0.29, 0.717) is 26.2 Å². The highest BCUT2D eigenvalue weighted by atomic mass is 16.7. The Bertz CT molecular complexity index is 1570. The number of carbonyl (C=O) groups is 2. The fraction of sp³-hybridized carbons (Fsp3) is 0.350. The van der Waals surface area contributed by atoms with Gasteiger partial charge in [0.25, 0.3) is 11.7 Å². The lowest BCUT2D eigenvalue weighted by molar-refractivity contribution is -0.290. The third-order valence-corrected chi connectivity index (χ3v) is 8.68. The summed E-state index contributed by atoms with van der Waals surface area (Å²) in [4.78, 5) is 32.1. The average molecular weight is 667 g/mol. The maximum Gasteiger partial charge on any atom is 0.256 e. The summed E-state index contributed by atoms with van der Waals surface area (Å²) in [5.74, 6) is -3.52. The van der Waals surface area contributed by atoms with Crippen molar-refractivity contribution in [2.45, 2.75) is 57.5 Å². The predicted molar refractivity (Wildman–Crippen MR) is 186 cm³/mol. The van der Waals surface area contributed by atoms with Crippen LogP contribution in [0, 0.1) is 0 Å². The first-order valence-electron chi connectivity index (χ1n) is 16.7. The molecule has 1 N–H and O–H groups in total. The number of carbonyl (C=O) groups excluding carboxylic acids is 2. The first-order chi connectivity index (χ1) is 23.8. The average Bonchev–Trinajstić information content (AvgIpc) is 3.14. The van der Waals surface area contributed by atoms with Crippen LogP contribution in [0.15, 0.2) is 121 Å². The number of ether oxygens (including phenoxy) is 4. The Hall–Kier alpha value is -4.22. The fourth-order valence-electron chi connectivity index (χ4n) is 5.72. The minimum Gasteiger partial charge on any atom is -0.367 e. The van der Waals surface area contributed by atoms with E-state index in [1.165, 1.54) is 6.92 Å². The van der Waals surface area contributed by atoms with Crippen LogP contribution in [0.4, 0.5) is 0 Å². The number of nitrogens with zero attached hydrogens (tertiary/aromatic N) is 2. The zero-order chi connectivity index (χ0) is 34.5. The number of amides is 1. The first kappa shape index (κ1) is 36.1. The van der Waals surface area contributed by atoms with Crippen LogP contribution >= 0.6 is 0 Å². The number of aliphatic hydroxyl groups is 1. The highest BCUT2D eigenvalue weighted by Gasteiger charge is 2.53. The molecule has 0 aliphatic carbocycles. The standard InChI is InChI=1S/C40H46N2O7/c1-31(43)40(45,49-30-35-21-13-6-14-22-35)38(48-29-34-19-11-5-12-20-34)36(46-27-32-15-7-3-8-16-32)37(47-28-33-17-9-4-10-18-33)39(44)42-25-23-41(2)24-26-42/h3-22,36-38,45H,23-30H2,1-2H3/t36-,37-,38+,40+/m1/s1. The molecule has 258 valence electrons. The second kappa shape index (κ2) is 18.0. The van der Waals surface area contributed by atoms with Gasteiger partial charge in [-0.3, -0.25) is 9.59 Å². The molecule has 0 spiro atoms. The summed E-state index contributed by atoms with van der Waals surface area (Å²) < 4.78 is 25.7. The molecule has 1 heterocycles. The van der Waals surface area contributed by atoms with Crippen LogP contribution in [0.25, 0.3) is 0 Å². The van der Waals surface area contributed by atoms with Crippen molar-refractivity contribution in [3.05, 3.63) is 144 Å². The van der Waals surface area contributed by atoms with Gasteiger partial charge in [-0.15, -0.1) is 0 Å². The Morgan fingerprint density at radius 3 is 1.49 bits per heavy atom. The number of piperazine rings is 1. The minimum atomic E-state index is -2.51. The highest BCUT2D eigenvalue weighted by molar-refractivity contribution is 5.85. The maximum atomic E-state index is 14.6. The van der Waals surface area contributed by atoms with Gasteiger partial charge >= 0.3 is 0 Å². The molecule has 1 fully saturated rings. The molecule has 9 nitrogen and oxygen atoms in total. The summed E-state index contributed by atoms with van der Waals surface area (Å²) in [6.07, 6.45) is -4.02. The van der Waals surface area contributed by atoms with Gasteiger partial charge < -0.3 is 33.9 Å². The van der Waals surface area contributed by atoms with Gasteiger partial charge in [-0.1, -0.05) is 121 Å². The van der Waals surface area contributed by atoms with Crippen LogP contribution < -0.4 is 0 Å². The van der Waals surface area contributed by atoms with Gasteiger partial charge in [0, 0.05) is 33.1 Å². The van der Waals surface area contributed by atoms with Crippen molar-refractivity contribution >= 4 is 11.7 Å². The Labute approximate surface area is 289 Å². The molecule has 0 bridgehead atoms. The van der Waals surface area contributed by atoms with E-state index in [9.17, 15) is 14.7 Å². The molecule has 0 saturated carbocycles. The van der Waals surface area contributed by atoms with Gasteiger partial charge in [0.1, 0.15) is 12.2 Å². The molecule has 49 heavy (non-hydrogen) atoms. The van der Waals surface area contributed by atoms with Gasteiger partial charge in [-0.05, 0) is 29.3 Å². The van der Waals surface area contributed by atoms with Crippen molar-refractivity contribution < 1.29 is 33.6 Å². The zero-order valence-electron chi connectivity index (χ0n) is 28.2. The van der Waals surface area contributed by atoms with E-state index in [4.69, 9.17) is 18.9 Å². The van der Waals surface area contributed by atoms with E-state index in [-0.39, 0.29) is 32.3 Å². The van der Waals surface area contributed by atoms with Gasteiger partial charge in [0.15, 0.2) is 11.9 Å². The molecule has 4 aromatic carbocycles. The molecule has 5 rings (SSSR count). The third kappa shape index (κ3) is 10.1. The van der Waals surface area contributed by atoms with E-state index in [1.54, 1.807) is 4.90 Å². The Morgan fingerprint density at radius 1 is 0.633 bits per heavy atom. The lowest BCUT2D eigenvalue weighted by atomic mass is 9.94. The summed E-state index contributed by atoms with van der Waals surface area (Å²) >= 11 is 0. The monoisotopic (exact) mass is 666 g/mol. The summed E-state index contributed by atoms with van der Waals surface area (Å²) in [5.41, 5.74) is 3.23. The number of hydrogen-bond donors (Lipinski definition) is 1. The van der Waals surface area contributed by atoms with Crippen molar-refractivity contribution in [1.82, 2.24) is 9.80 Å². The van der Waals surface area contributed by atoms with Crippen molar-refractivity contribution in [3.63, 3.8) is 0 Å². The highest BCUT2D eigenvalue weighted by Crippen LogP contribution is 2.30. The van der Waals surface area contributed by atoms with E-state index in [2.05, 4.69) is 4.90 Å². The zero-order valence-corrected chi connectivity index (χ0v) is 28.2. The molecule has 1 saturated heterocycles. The first-order valence-corrected chi connectivity index (χ1v) is 16.7. The number of likely N-dealkylation sites (N-methyl/N-ethyl adjacent to an activating group) is 1.